The zero-order chi connectivity index (χ0) is 42.0. The molecule has 4 heterocycles. The van der Waals surface area contributed by atoms with Gasteiger partial charge in [0.1, 0.15) is 0 Å². The summed E-state index contributed by atoms with van der Waals surface area (Å²) in [6, 6.07) is 60.8. The summed E-state index contributed by atoms with van der Waals surface area (Å²) in [4.78, 5) is 0. The molecule has 2 aliphatic heterocycles. The summed E-state index contributed by atoms with van der Waals surface area (Å²) in [6.45, 7) is 16.2. The zero-order valence-corrected chi connectivity index (χ0v) is 36.5. The Labute approximate surface area is 363 Å². The lowest BCUT2D eigenvalue weighted by atomic mass is 9.31. The number of rotatable bonds is 2. The van der Waals surface area contributed by atoms with E-state index in [1.807, 2.05) is 0 Å². The van der Waals surface area contributed by atoms with Crippen molar-refractivity contribution in [2.24, 2.45) is 0 Å². The van der Waals surface area contributed by atoms with E-state index in [2.05, 4.69) is 215 Å². The Morgan fingerprint density at radius 1 is 0.403 bits per heavy atom. The lowest BCUT2D eigenvalue weighted by Crippen LogP contribution is -2.57. The standard InChI is InChI=1S/C59H47BN2/c1-34-30-43-55-51-35(32-49-53(55)41-16-8-10-20-47(41)61(49)39-26-22-37(23-27-39)58(2,3)4)14-12-18-45(51)60-46-19-13-15-36-33-50-54(56(52(36)46)44(31-34)57(43)60)42-17-9-11-21-48(42)62(50)40-28-24-38(25-29-40)59(5,6)7/h8-33H,1-7H3. The first-order valence-electron chi connectivity index (χ1n) is 22.3. The van der Waals surface area contributed by atoms with Crippen LogP contribution in [0.3, 0.4) is 0 Å². The highest BCUT2D eigenvalue weighted by Gasteiger charge is 2.41. The average Bonchev–Trinajstić information content (AvgIpc) is 3.77. The molecular formula is C59H47BN2. The van der Waals surface area contributed by atoms with Gasteiger partial charge in [-0.05, 0) is 127 Å². The molecule has 0 radical (unpaired) electrons. The Morgan fingerprint density at radius 2 is 0.823 bits per heavy atom. The number of fused-ring (bicyclic) bond motifs is 12. The second-order valence-corrected chi connectivity index (χ2v) is 20.2. The fourth-order valence-corrected chi connectivity index (χ4v) is 11.7. The van der Waals surface area contributed by atoms with Crippen LogP contribution in [0.1, 0.15) is 58.2 Å². The van der Waals surface area contributed by atoms with Crippen molar-refractivity contribution in [3.05, 3.63) is 174 Å². The van der Waals surface area contributed by atoms with E-state index in [-0.39, 0.29) is 17.5 Å². The van der Waals surface area contributed by atoms with E-state index in [4.69, 9.17) is 0 Å². The van der Waals surface area contributed by atoms with Crippen molar-refractivity contribution in [2.45, 2.75) is 59.3 Å². The fraction of sp³-hybridized carbons (Fsp3) is 0.153. The molecule has 2 aromatic heterocycles. The third-order valence-corrected chi connectivity index (χ3v) is 14.4. The minimum Gasteiger partial charge on any atom is -0.309 e. The third-order valence-electron chi connectivity index (χ3n) is 14.4. The quantitative estimate of drug-likeness (QED) is 0.154. The number of aryl methyl sites for hydroxylation is 1. The molecule has 13 rings (SSSR count). The molecule has 296 valence electrons. The lowest BCUT2D eigenvalue weighted by Gasteiger charge is -2.35. The number of nitrogens with zero attached hydrogens (tertiary/aromatic N) is 2. The lowest BCUT2D eigenvalue weighted by molar-refractivity contribution is 0.590. The average molecular weight is 795 g/mol. The maximum Gasteiger partial charge on any atom is 0.244 e. The molecule has 9 aromatic carbocycles. The van der Waals surface area contributed by atoms with Crippen molar-refractivity contribution >= 4 is 88.3 Å². The van der Waals surface area contributed by atoms with Crippen LogP contribution in [-0.4, -0.2) is 15.8 Å². The predicted molar refractivity (Wildman–Crippen MR) is 268 cm³/mol. The van der Waals surface area contributed by atoms with Crippen LogP contribution in [-0.2, 0) is 10.8 Å². The molecular weight excluding hydrogens is 747 g/mol. The van der Waals surface area contributed by atoms with E-state index in [1.54, 1.807) is 0 Å². The predicted octanol–water partition coefficient (Wildman–Crippen LogP) is 13.6. The molecule has 0 unspecified atom stereocenters. The second-order valence-electron chi connectivity index (χ2n) is 20.2. The molecule has 3 heteroatoms. The highest BCUT2D eigenvalue weighted by molar-refractivity contribution is 7.01. The highest BCUT2D eigenvalue weighted by Crippen LogP contribution is 2.49. The highest BCUT2D eigenvalue weighted by atomic mass is 15.0. The van der Waals surface area contributed by atoms with E-state index in [1.165, 1.54) is 132 Å². The van der Waals surface area contributed by atoms with E-state index in [9.17, 15) is 0 Å². The van der Waals surface area contributed by atoms with E-state index in [0.717, 1.165) is 0 Å². The Balaban J connectivity index is 1.17. The Kier molecular flexibility index (Phi) is 7.04. The molecule has 0 saturated carbocycles. The topological polar surface area (TPSA) is 9.86 Å². The normalized spacial score (nSPS) is 13.4. The fourth-order valence-electron chi connectivity index (χ4n) is 11.7. The summed E-state index contributed by atoms with van der Waals surface area (Å²) >= 11 is 0. The van der Waals surface area contributed by atoms with Crippen molar-refractivity contribution in [1.29, 1.82) is 0 Å². The van der Waals surface area contributed by atoms with Gasteiger partial charge in [-0.3, -0.25) is 0 Å². The van der Waals surface area contributed by atoms with Gasteiger partial charge in [-0.25, -0.2) is 0 Å². The summed E-state index contributed by atoms with van der Waals surface area (Å²) in [5, 5.41) is 10.6. The minimum atomic E-state index is 0.0814. The molecule has 2 aliphatic rings. The van der Waals surface area contributed by atoms with Crippen LogP contribution in [0.25, 0.3) is 98.8 Å². The first kappa shape index (κ1) is 35.9. The minimum absolute atomic E-state index is 0.0814. The van der Waals surface area contributed by atoms with E-state index < -0.39 is 0 Å². The molecule has 0 bridgehead atoms. The van der Waals surface area contributed by atoms with Gasteiger partial charge in [0.25, 0.3) is 0 Å². The van der Waals surface area contributed by atoms with Crippen molar-refractivity contribution in [1.82, 2.24) is 9.13 Å². The van der Waals surface area contributed by atoms with Gasteiger partial charge < -0.3 is 9.13 Å². The molecule has 0 atom stereocenters. The molecule has 0 N–H and O–H groups in total. The molecule has 0 aliphatic carbocycles. The van der Waals surface area contributed by atoms with Gasteiger partial charge in [-0.2, -0.15) is 0 Å². The Bertz CT molecular complexity index is 3510. The van der Waals surface area contributed by atoms with Crippen LogP contribution in [0, 0.1) is 6.92 Å². The van der Waals surface area contributed by atoms with Crippen molar-refractivity contribution < 1.29 is 0 Å². The van der Waals surface area contributed by atoms with Gasteiger partial charge in [-0.15, -0.1) is 0 Å². The second kappa shape index (κ2) is 12.2. The molecule has 0 spiro atoms. The molecule has 62 heavy (non-hydrogen) atoms. The summed E-state index contributed by atoms with van der Waals surface area (Å²) in [6.07, 6.45) is 0. The van der Waals surface area contributed by atoms with Gasteiger partial charge in [0.2, 0.25) is 6.71 Å². The van der Waals surface area contributed by atoms with Crippen LogP contribution in [0.15, 0.2) is 158 Å². The largest absolute Gasteiger partial charge is 0.309 e. The van der Waals surface area contributed by atoms with Crippen LogP contribution >= 0.6 is 0 Å². The summed E-state index contributed by atoms with van der Waals surface area (Å²) in [5.74, 6) is 0. The van der Waals surface area contributed by atoms with Crippen LogP contribution < -0.4 is 16.4 Å². The van der Waals surface area contributed by atoms with Gasteiger partial charge in [-0.1, -0.05) is 167 Å². The number of aromatic nitrogens is 2. The number of para-hydroxylation sites is 2. The smallest absolute Gasteiger partial charge is 0.244 e. The van der Waals surface area contributed by atoms with Crippen LogP contribution in [0.2, 0.25) is 0 Å². The maximum absolute atomic E-state index is 2.51. The van der Waals surface area contributed by atoms with Crippen molar-refractivity contribution in [3.63, 3.8) is 0 Å². The van der Waals surface area contributed by atoms with Gasteiger partial charge in [0.15, 0.2) is 0 Å². The van der Waals surface area contributed by atoms with Crippen LogP contribution in [0.4, 0.5) is 0 Å². The van der Waals surface area contributed by atoms with Crippen molar-refractivity contribution in [2.75, 3.05) is 0 Å². The molecule has 0 saturated heterocycles. The monoisotopic (exact) mass is 794 g/mol. The third kappa shape index (κ3) is 4.72. The summed E-state index contributed by atoms with van der Waals surface area (Å²) in [7, 11) is 0. The Morgan fingerprint density at radius 3 is 1.24 bits per heavy atom. The zero-order valence-electron chi connectivity index (χ0n) is 36.5. The van der Waals surface area contributed by atoms with Gasteiger partial charge >= 0.3 is 0 Å². The summed E-state index contributed by atoms with van der Waals surface area (Å²) < 4.78 is 5.02. The van der Waals surface area contributed by atoms with Crippen molar-refractivity contribution in [3.8, 4) is 33.6 Å². The first-order valence-corrected chi connectivity index (χ1v) is 22.3. The van der Waals surface area contributed by atoms with Gasteiger partial charge in [0, 0.05) is 32.9 Å². The SMILES string of the molecule is Cc1cc2c3c(c1)-c1c4c(cccc4cc4c1c1ccccc1n4-c1ccc(C(C)(C)C)cc1)B3c1cccc3cc4c(c-2c13)c1ccccc1n4-c1ccc(C(C)(C)C)cc1. The molecule has 0 fully saturated rings. The van der Waals surface area contributed by atoms with Crippen LogP contribution in [0.5, 0.6) is 0 Å². The van der Waals surface area contributed by atoms with Gasteiger partial charge in [0.05, 0.1) is 22.1 Å². The Hall–Kier alpha value is -6.84. The maximum atomic E-state index is 2.51. The molecule has 2 nitrogen and oxygen atoms in total. The van der Waals surface area contributed by atoms with E-state index in [0.29, 0.717) is 0 Å². The van der Waals surface area contributed by atoms with E-state index >= 15 is 0 Å². The molecule has 11 aromatic rings. The number of benzene rings is 9. The number of hydrogen-bond donors (Lipinski definition) is 0. The molecule has 0 amide bonds. The number of hydrogen-bond acceptors (Lipinski definition) is 0. The summed E-state index contributed by atoms with van der Waals surface area (Å²) in [5.41, 5.74) is 21.2. The first-order chi connectivity index (χ1) is 30.0.